The van der Waals surface area contributed by atoms with Crippen LogP contribution in [0.4, 0.5) is 5.69 Å². The van der Waals surface area contributed by atoms with Gasteiger partial charge in [-0.3, -0.25) is 9.59 Å². The van der Waals surface area contributed by atoms with E-state index >= 15 is 0 Å². The second-order valence-corrected chi connectivity index (χ2v) is 10.6. The first kappa shape index (κ1) is 24.9. The molecule has 1 amide bonds. The number of hydrogen-bond donors (Lipinski definition) is 2. The van der Waals surface area contributed by atoms with Crippen LogP contribution in [0.5, 0.6) is 5.75 Å². The van der Waals surface area contributed by atoms with Gasteiger partial charge in [-0.2, -0.15) is 4.99 Å². The van der Waals surface area contributed by atoms with Crippen molar-refractivity contribution >= 4 is 63.1 Å². The summed E-state index contributed by atoms with van der Waals surface area (Å²) in [5, 5.41) is 14.6. The van der Waals surface area contributed by atoms with E-state index in [9.17, 15) is 14.7 Å². The molecule has 1 aliphatic rings. The summed E-state index contributed by atoms with van der Waals surface area (Å²) >= 11 is 2.63. The maximum absolute atomic E-state index is 12.6. The average molecular weight is 507 g/mol. The Bertz CT molecular complexity index is 1320. The van der Waals surface area contributed by atoms with Crippen LogP contribution in [0, 0.1) is 0 Å². The number of carboxylic acids is 1. The van der Waals surface area contributed by atoms with Crippen LogP contribution in [0.15, 0.2) is 70.6 Å². The second-order valence-electron chi connectivity index (χ2n) is 8.16. The number of anilines is 1. The standard InChI is InChI=1S/C27H26N2O4S2/c1-4-34-24(26(31)32)17-9-11-21(12-10-17)28-27-29-25(30)23(35-27)15-20-13-18-7-5-6-8-19(18)14-22(20)33-16(2)3/h5-16,24H,4H2,1-3H3,(H,31,32)(H,28,29,30). The first-order valence-corrected chi connectivity index (χ1v) is 13.1. The van der Waals surface area contributed by atoms with Gasteiger partial charge in [-0.15, -0.1) is 11.8 Å². The summed E-state index contributed by atoms with van der Waals surface area (Å²) in [6.07, 6.45) is 1.81. The molecule has 0 spiro atoms. The van der Waals surface area contributed by atoms with Gasteiger partial charge in [-0.05, 0) is 78.0 Å². The summed E-state index contributed by atoms with van der Waals surface area (Å²) in [6, 6.07) is 19.2. The minimum Gasteiger partial charge on any atom is -0.490 e. The van der Waals surface area contributed by atoms with Gasteiger partial charge < -0.3 is 15.2 Å². The molecule has 180 valence electrons. The molecule has 35 heavy (non-hydrogen) atoms. The van der Waals surface area contributed by atoms with Crippen LogP contribution in [0.3, 0.4) is 0 Å². The summed E-state index contributed by atoms with van der Waals surface area (Å²) in [5.41, 5.74) is 2.28. The molecule has 1 unspecified atom stereocenters. The SMILES string of the molecule is CCSC(C(=O)O)c1ccc(NC2=NC(=O)C(=Cc3cc4ccccc4cc3OC(C)C)S2)cc1. The van der Waals surface area contributed by atoms with Gasteiger partial charge in [0.25, 0.3) is 5.91 Å². The lowest BCUT2D eigenvalue weighted by atomic mass is 10.1. The molecule has 3 aromatic carbocycles. The summed E-state index contributed by atoms with van der Waals surface area (Å²) in [7, 11) is 0. The highest BCUT2D eigenvalue weighted by atomic mass is 32.2. The number of benzene rings is 3. The summed E-state index contributed by atoms with van der Waals surface area (Å²) in [5.74, 6) is 0.253. The number of aliphatic imine (C=N–C) groups is 1. The molecule has 2 N–H and O–H groups in total. The van der Waals surface area contributed by atoms with Crippen molar-refractivity contribution in [2.45, 2.75) is 32.1 Å². The van der Waals surface area contributed by atoms with E-state index in [2.05, 4.69) is 10.3 Å². The number of amides is 1. The van der Waals surface area contributed by atoms with Gasteiger partial charge >= 0.3 is 5.97 Å². The monoisotopic (exact) mass is 506 g/mol. The molecule has 0 fully saturated rings. The van der Waals surface area contributed by atoms with Crippen LogP contribution in [0.25, 0.3) is 16.8 Å². The zero-order valence-corrected chi connectivity index (χ0v) is 21.3. The third-order valence-corrected chi connectivity index (χ3v) is 7.21. The summed E-state index contributed by atoms with van der Waals surface area (Å²) in [6.45, 7) is 5.87. The Kier molecular flexibility index (Phi) is 7.83. The Balaban J connectivity index is 1.53. The van der Waals surface area contributed by atoms with Gasteiger partial charge in [-0.25, -0.2) is 0 Å². The van der Waals surface area contributed by atoms with E-state index in [1.54, 1.807) is 24.3 Å². The highest BCUT2D eigenvalue weighted by Crippen LogP contribution is 2.35. The number of ether oxygens (including phenoxy) is 1. The molecule has 0 aliphatic carbocycles. The molecule has 0 saturated heterocycles. The largest absolute Gasteiger partial charge is 0.490 e. The molecule has 1 heterocycles. The Hall–Kier alpha value is -3.23. The first-order chi connectivity index (χ1) is 16.8. The number of carbonyl (C=O) groups excluding carboxylic acids is 1. The molecule has 0 bridgehead atoms. The maximum Gasteiger partial charge on any atom is 0.321 e. The molecular weight excluding hydrogens is 480 g/mol. The summed E-state index contributed by atoms with van der Waals surface area (Å²) < 4.78 is 6.02. The fourth-order valence-electron chi connectivity index (χ4n) is 3.65. The van der Waals surface area contributed by atoms with Gasteiger partial charge in [-0.1, -0.05) is 43.3 Å². The number of aliphatic carboxylic acids is 1. The Morgan fingerprint density at radius 3 is 2.46 bits per heavy atom. The molecule has 4 rings (SSSR count). The fraction of sp³-hybridized carbons (Fsp3) is 0.222. The van der Waals surface area contributed by atoms with Crippen molar-refractivity contribution in [3.05, 3.63) is 76.7 Å². The highest BCUT2D eigenvalue weighted by Gasteiger charge is 2.24. The number of rotatable bonds is 8. The molecule has 1 atom stereocenters. The number of fused-ring (bicyclic) bond motifs is 1. The molecule has 6 nitrogen and oxygen atoms in total. The van der Waals surface area contributed by atoms with Crippen molar-refractivity contribution in [1.82, 2.24) is 0 Å². The third kappa shape index (κ3) is 6.07. The topological polar surface area (TPSA) is 88.0 Å². The summed E-state index contributed by atoms with van der Waals surface area (Å²) in [4.78, 5) is 28.8. The van der Waals surface area contributed by atoms with E-state index in [-0.39, 0.29) is 12.0 Å². The molecule has 0 aromatic heterocycles. The predicted molar refractivity (Wildman–Crippen MR) is 146 cm³/mol. The average Bonchev–Trinajstić information content (AvgIpc) is 3.16. The van der Waals surface area contributed by atoms with E-state index in [4.69, 9.17) is 4.74 Å². The number of nitrogens with zero attached hydrogens (tertiary/aromatic N) is 1. The Morgan fingerprint density at radius 2 is 1.83 bits per heavy atom. The van der Waals surface area contributed by atoms with Crippen LogP contribution in [0.1, 0.15) is 37.1 Å². The van der Waals surface area contributed by atoms with E-state index in [1.807, 2.05) is 63.2 Å². The van der Waals surface area contributed by atoms with Crippen LogP contribution in [0.2, 0.25) is 0 Å². The van der Waals surface area contributed by atoms with Gasteiger partial charge in [0.2, 0.25) is 0 Å². The minimum absolute atomic E-state index is 0.00635. The number of amidine groups is 1. The number of carboxylic acid groups (broad SMARTS) is 1. The van der Waals surface area contributed by atoms with Crippen LogP contribution in [-0.4, -0.2) is 34.0 Å². The lowest BCUT2D eigenvalue weighted by molar-refractivity contribution is -0.136. The molecule has 1 aliphatic heterocycles. The van der Waals surface area contributed by atoms with E-state index in [1.165, 1.54) is 23.5 Å². The van der Waals surface area contributed by atoms with E-state index < -0.39 is 11.2 Å². The van der Waals surface area contributed by atoms with Crippen molar-refractivity contribution in [3.8, 4) is 5.75 Å². The van der Waals surface area contributed by atoms with Crippen molar-refractivity contribution in [2.75, 3.05) is 11.1 Å². The normalized spacial score (nSPS) is 15.5. The molecule has 8 heteroatoms. The predicted octanol–water partition coefficient (Wildman–Crippen LogP) is 6.59. The van der Waals surface area contributed by atoms with Gasteiger partial charge in [0.1, 0.15) is 11.0 Å². The molecule has 0 radical (unpaired) electrons. The van der Waals surface area contributed by atoms with Crippen LogP contribution in [-0.2, 0) is 9.59 Å². The van der Waals surface area contributed by atoms with E-state index in [0.717, 1.165) is 33.3 Å². The second kappa shape index (κ2) is 11.0. The van der Waals surface area contributed by atoms with E-state index in [0.29, 0.717) is 15.8 Å². The zero-order valence-electron chi connectivity index (χ0n) is 19.6. The van der Waals surface area contributed by atoms with Crippen molar-refractivity contribution in [3.63, 3.8) is 0 Å². The lowest BCUT2D eigenvalue weighted by Gasteiger charge is -2.14. The first-order valence-electron chi connectivity index (χ1n) is 11.3. The van der Waals surface area contributed by atoms with Crippen LogP contribution < -0.4 is 10.1 Å². The molecular formula is C27H26N2O4S2. The number of nitrogens with one attached hydrogen (secondary N) is 1. The highest BCUT2D eigenvalue weighted by molar-refractivity contribution is 8.18. The van der Waals surface area contributed by atoms with Crippen molar-refractivity contribution < 1.29 is 19.4 Å². The lowest BCUT2D eigenvalue weighted by Crippen LogP contribution is -2.09. The fourth-order valence-corrected chi connectivity index (χ4v) is 5.30. The minimum atomic E-state index is -0.858. The number of carbonyl (C=O) groups is 2. The van der Waals surface area contributed by atoms with Gasteiger partial charge in [0.05, 0.1) is 11.0 Å². The number of hydrogen-bond acceptors (Lipinski definition) is 6. The molecule has 3 aromatic rings. The van der Waals surface area contributed by atoms with Crippen molar-refractivity contribution in [2.24, 2.45) is 4.99 Å². The molecule has 0 saturated carbocycles. The number of thioether (sulfide) groups is 2. The quantitative estimate of drug-likeness (QED) is 0.333. The van der Waals surface area contributed by atoms with Crippen LogP contribution >= 0.6 is 23.5 Å². The Labute approximate surface area is 212 Å². The Morgan fingerprint density at radius 1 is 1.14 bits per heavy atom. The third-order valence-electron chi connectivity index (χ3n) is 5.17. The maximum atomic E-state index is 12.6. The zero-order chi connectivity index (χ0) is 24.9. The van der Waals surface area contributed by atoms with Crippen molar-refractivity contribution in [1.29, 1.82) is 0 Å². The van der Waals surface area contributed by atoms with Gasteiger partial charge in [0, 0.05) is 11.3 Å². The smallest absolute Gasteiger partial charge is 0.321 e. The van der Waals surface area contributed by atoms with Gasteiger partial charge in [0.15, 0.2) is 5.17 Å².